The van der Waals surface area contributed by atoms with Crippen LogP contribution < -0.4 is 0 Å². The van der Waals surface area contributed by atoms with Gasteiger partial charge in [0.1, 0.15) is 0 Å². The number of allylic oxidation sites excluding steroid dienone is 5. The van der Waals surface area contributed by atoms with Crippen LogP contribution in [0.4, 0.5) is 0 Å². The Balaban J connectivity index is 1.92. The van der Waals surface area contributed by atoms with Gasteiger partial charge < -0.3 is 0 Å². The smallest absolute Gasteiger partial charge is 0.00208 e. The zero-order chi connectivity index (χ0) is 21.9. The maximum Gasteiger partial charge on any atom is -0.00208 e. The molecule has 0 fully saturated rings. The van der Waals surface area contributed by atoms with Crippen molar-refractivity contribution in [3.8, 4) is 0 Å². The summed E-state index contributed by atoms with van der Waals surface area (Å²) in [5.74, 6) is 0. The molecule has 0 aliphatic heterocycles. The van der Waals surface area contributed by atoms with Gasteiger partial charge in [0.2, 0.25) is 0 Å². The van der Waals surface area contributed by atoms with Gasteiger partial charge in [0, 0.05) is 0 Å². The summed E-state index contributed by atoms with van der Waals surface area (Å²) in [6, 6.07) is 43.2. The van der Waals surface area contributed by atoms with Crippen molar-refractivity contribution in [3.63, 3.8) is 0 Å². The summed E-state index contributed by atoms with van der Waals surface area (Å²) in [5, 5.41) is 0. The van der Waals surface area contributed by atoms with Gasteiger partial charge in [-0.1, -0.05) is 121 Å². The van der Waals surface area contributed by atoms with E-state index in [2.05, 4.69) is 135 Å². The third-order valence-electron chi connectivity index (χ3n) is 6.31. The van der Waals surface area contributed by atoms with Gasteiger partial charge in [-0.2, -0.15) is 0 Å². The molecule has 0 heteroatoms. The standard InChI is InChI=1S/C32H26/c1-23-24(2)30(31(26-17-9-4-10-18-26)27-19-11-5-12-20-27)32(28-21-13-6-14-22-28)29(23)25-15-7-3-8-16-25/h3-22H,1-2H3. The van der Waals surface area contributed by atoms with Gasteiger partial charge in [-0.25, -0.2) is 0 Å². The average molecular weight is 411 g/mol. The van der Waals surface area contributed by atoms with Crippen molar-refractivity contribution in [2.75, 3.05) is 0 Å². The van der Waals surface area contributed by atoms with Gasteiger partial charge in [-0.15, -0.1) is 0 Å². The van der Waals surface area contributed by atoms with Crippen molar-refractivity contribution >= 4 is 16.7 Å². The van der Waals surface area contributed by atoms with E-state index < -0.39 is 0 Å². The lowest BCUT2D eigenvalue weighted by Crippen LogP contribution is -1.98. The van der Waals surface area contributed by atoms with Crippen molar-refractivity contribution in [3.05, 3.63) is 160 Å². The second-order valence-corrected chi connectivity index (χ2v) is 8.21. The molecule has 5 rings (SSSR count). The largest absolute Gasteiger partial charge is 0.0622 e. The molecule has 0 nitrogen and oxygen atoms in total. The molecule has 0 saturated carbocycles. The first-order valence-electron chi connectivity index (χ1n) is 11.1. The highest BCUT2D eigenvalue weighted by Crippen LogP contribution is 2.50. The van der Waals surface area contributed by atoms with E-state index in [0.717, 1.165) is 0 Å². The molecule has 4 aromatic rings. The van der Waals surface area contributed by atoms with Crippen molar-refractivity contribution in [2.45, 2.75) is 13.8 Å². The third-order valence-corrected chi connectivity index (χ3v) is 6.31. The van der Waals surface area contributed by atoms with Crippen LogP contribution >= 0.6 is 0 Å². The van der Waals surface area contributed by atoms with E-state index in [4.69, 9.17) is 0 Å². The fourth-order valence-electron chi connectivity index (χ4n) is 4.71. The molecular weight excluding hydrogens is 384 g/mol. The van der Waals surface area contributed by atoms with Crippen molar-refractivity contribution in [1.82, 2.24) is 0 Å². The zero-order valence-electron chi connectivity index (χ0n) is 18.5. The normalized spacial score (nSPS) is 13.6. The minimum Gasteiger partial charge on any atom is -0.0622 e. The average Bonchev–Trinajstić information content (AvgIpc) is 3.12. The second kappa shape index (κ2) is 8.69. The van der Waals surface area contributed by atoms with Crippen LogP contribution in [0.3, 0.4) is 0 Å². The maximum atomic E-state index is 2.27. The molecule has 0 unspecified atom stereocenters. The Morgan fingerprint density at radius 2 is 0.781 bits per heavy atom. The Hall–Kier alpha value is -3.90. The molecule has 32 heavy (non-hydrogen) atoms. The van der Waals surface area contributed by atoms with Gasteiger partial charge in [0.15, 0.2) is 0 Å². The van der Waals surface area contributed by atoms with Crippen molar-refractivity contribution in [2.24, 2.45) is 0 Å². The molecule has 0 heterocycles. The molecule has 0 saturated heterocycles. The first-order chi connectivity index (χ1) is 15.8. The van der Waals surface area contributed by atoms with Crippen LogP contribution in [-0.4, -0.2) is 0 Å². The van der Waals surface area contributed by atoms with Crippen LogP contribution in [-0.2, 0) is 0 Å². The first kappa shape index (κ1) is 20.0. The van der Waals surface area contributed by atoms with Gasteiger partial charge >= 0.3 is 0 Å². The molecule has 4 aromatic carbocycles. The Bertz CT molecular complexity index is 1280. The molecule has 1 aliphatic rings. The number of hydrogen-bond donors (Lipinski definition) is 0. The molecule has 0 aromatic heterocycles. The van der Waals surface area contributed by atoms with Crippen LogP contribution in [0, 0.1) is 0 Å². The molecule has 154 valence electrons. The summed E-state index contributed by atoms with van der Waals surface area (Å²) in [7, 11) is 0. The number of rotatable bonds is 4. The lowest BCUT2D eigenvalue weighted by Gasteiger charge is -2.18. The SMILES string of the molecule is CC1=C(C)C(c2ccccc2)=C(c2ccccc2)C1=C(c1ccccc1)c1ccccc1. The fraction of sp³-hybridized carbons (Fsp3) is 0.0625. The number of hydrogen-bond acceptors (Lipinski definition) is 0. The predicted molar refractivity (Wildman–Crippen MR) is 137 cm³/mol. The van der Waals surface area contributed by atoms with Crippen molar-refractivity contribution in [1.29, 1.82) is 0 Å². The van der Waals surface area contributed by atoms with E-state index in [0.29, 0.717) is 0 Å². The van der Waals surface area contributed by atoms with Crippen LogP contribution in [0.5, 0.6) is 0 Å². The Morgan fingerprint density at radius 1 is 0.406 bits per heavy atom. The van der Waals surface area contributed by atoms with Gasteiger partial charge in [-0.05, 0) is 69.5 Å². The molecule has 0 bridgehead atoms. The van der Waals surface area contributed by atoms with E-state index in [9.17, 15) is 0 Å². The fourth-order valence-corrected chi connectivity index (χ4v) is 4.71. The van der Waals surface area contributed by atoms with E-state index in [1.165, 1.54) is 55.7 Å². The van der Waals surface area contributed by atoms with Crippen LogP contribution in [0.2, 0.25) is 0 Å². The van der Waals surface area contributed by atoms with Gasteiger partial charge in [-0.3, -0.25) is 0 Å². The van der Waals surface area contributed by atoms with E-state index in [1.54, 1.807) is 0 Å². The summed E-state index contributed by atoms with van der Waals surface area (Å²) < 4.78 is 0. The lowest BCUT2D eigenvalue weighted by molar-refractivity contribution is 1.37. The summed E-state index contributed by atoms with van der Waals surface area (Å²) in [5.41, 5.74) is 12.9. The van der Waals surface area contributed by atoms with E-state index in [1.807, 2.05) is 0 Å². The van der Waals surface area contributed by atoms with E-state index in [-0.39, 0.29) is 0 Å². The highest BCUT2D eigenvalue weighted by molar-refractivity contribution is 6.15. The topological polar surface area (TPSA) is 0 Å². The monoisotopic (exact) mass is 410 g/mol. The summed E-state index contributed by atoms with van der Waals surface area (Å²) in [4.78, 5) is 0. The Kier molecular flexibility index (Phi) is 5.44. The molecule has 0 spiro atoms. The third kappa shape index (κ3) is 3.55. The quantitative estimate of drug-likeness (QED) is 0.316. The van der Waals surface area contributed by atoms with Gasteiger partial charge in [0.05, 0.1) is 0 Å². The Labute approximate surface area is 190 Å². The molecule has 0 radical (unpaired) electrons. The predicted octanol–water partition coefficient (Wildman–Crippen LogP) is 8.45. The zero-order valence-corrected chi connectivity index (χ0v) is 18.5. The highest BCUT2D eigenvalue weighted by atomic mass is 14.3. The van der Waals surface area contributed by atoms with E-state index >= 15 is 0 Å². The lowest BCUT2D eigenvalue weighted by atomic mass is 9.85. The van der Waals surface area contributed by atoms with Crippen LogP contribution in [0.25, 0.3) is 16.7 Å². The highest BCUT2D eigenvalue weighted by Gasteiger charge is 2.29. The van der Waals surface area contributed by atoms with Gasteiger partial charge in [0.25, 0.3) is 0 Å². The van der Waals surface area contributed by atoms with Crippen LogP contribution in [0.15, 0.2) is 138 Å². The molecule has 0 N–H and O–H groups in total. The summed E-state index contributed by atoms with van der Waals surface area (Å²) in [6.07, 6.45) is 0. The Morgan fingerprint density at radius 3 is 1.22 bits per heavy atom. The molecule has 0 amide bonds. The molecule has 0 atom stereocenters. The van der Waals surface area contributed by atoms with Crippen molar-refractivity contribution < 1.29 is 0 Å². The summed E-state index contributed by atoms with van der Waals surface area (Å²) >= 11 is 0. The second-order valence-electron chi connectivity index (χ2n) is 8.21. The van der Waals surface area contributed by atoms with Crippen LogP contribution in [0.1, 0.15) is 36.1 Å². The number of benzene rings is 4. The minimum atomic E-state index is 1.24. The summed E-state index contributed by atoms with van der Waals surface area (Å²) in [6.45, 7) is 4.54. The maximum absolute atomic E-state index is 2.27. The molecular formula is C32H26. The minimum absolute atomic E-state index is 1.24. The first-order valence-corrected chi connectivity index (χ1v) is 11.1. The molecule has 1 aliphatic carbocycles.